The van der Waals surface area contributed by atoms with Crippen molar-refractivity contribution in [1.29, 1.82) is 0 Å². The minimum atomic E-state index is -0.671. The third kappa shape index (κ3) is 5.49. The predicted molar refractivity (Wildman–Crippen MR) is 164 cm³/mol. The van der Waals surface area contributed by atoms with Crippen molar-refractivity contribution in [3.05, 3.63) is 97.7 Å². The van der Waals surface area contributed by atoms with E-state index in [0.29, 0.717) is 12.1 Å². The van der Waals surface area contributed by atoms with Crippen molar-refractivity contribution in [2.45, 2.75) is 54.5 Å². The summed E-state index contributed by atoms with van der Waals surface area (Å²) < 4.78 is 13.0. The van der Waals surface area contributed by atoms with Gasteiger partial charge in [0.05, 0.1) is 17.5 Å². The molecule has 5 rings (SSSR count). The smallest absolute Gasteiger partial charge is 0.311 e. The van der Waals surface area contributed by atoms with Gasteiger partial charge in [0.25, 0.3) is 5.43 Å². The number of benzene rings is 2. The number of carbonyl (C=O) groups excluding carboxylic acids is 1. The largest absolute Gasteiger partial charge is 0.485 e. The molecular formula is C34H35N3O5. The van der Waals surface area contributed by atoms with E-state index < -0.39 is 16.3 Å². The molecule has 0 bridgehead atoms. The fourth-order valence-electron chi connectivity index (χ4n) is 5.06. The summed E-state index contributed by atoms with van der Waals surface area (Å²) in [5.74, 6) is 0.633. The monoisotopic (exact) mass is 565 g/mol. The van der Waals surface area contributed by atoms with Crippen LogP contribution in [0.3, 0.4) is 0 Å². The molecule has 0 amide bonds. The average molecular weight is 566 g/mol. The lowest BCUT2D eigenvalue weighted by molar-refractivity contribution is -0.153. The topological polar surface area (TPSA) is 100 Å². The van der Waals surface area contributed by atoms with Crippen LogP contribution in [0.1, 0.15) is 50.3 Å². The molecule has 0 fully saturated rings. The molecule has 216 valence electrons. The third-order valence-corrected chi connectivity index (χ3v) is 7.26. The molecule has 0 aliphatic heterocycles. The molecule has 2 aromatic heterocycles. The lowest BCUT2D eigenvalue weighted by Crippen LogP contribution is -2.35. The molecule has 0 atom stereocenters. The Morgan fingerprint density at radius 3 is 2.26 bits per heavy atom. The first-order valence-corrected chi connectivity index (χ1v) is 14.1. The van der Waals surface area contributed by atoms with Gasteiger partial charge in [-0.3, -0.25) is 14.4 Å². The van der Waals surface area contributed by atoms with Gasteiger partial charge in [0.1, 0.15) is 24.6 Å². The van der Waals surface area contributed by atoms with E-state index in [1.807, 2.05) is 43.3 Å². The van der Waals surface area contributed by atoms with Crippen LogP contribution in [0.2, 0.25) is 0 Å². The van der Waals surface area contributed by atoms with E-state index in [4.69, 9.17) is 19.4 Å². The van der Waals surface area contributed by atoms with E-state index >= 15 is 0 Å². The molecule has 0 aliphatic rings. The van der Waals surface area contributed by atoms with E-state index in [9.17, 15) is 14.4 Å². The standard InChI is InChI=1S/C34H35N3O5/c1-7-26-36-28-20(2)18-21(3)35-32(28)37(26)19-22-12-14-23(15-13-22)24-10-8-9-11-25(24)27-29(38)30(39)31(27)41-16-17-42-33(40)34(4,5)6/h8-15,18H,7,16-17,19H2,1-6H3. The zero-order valence-electron chi connectivity index (χ0n) is 24.9. The summed E-state index contributed by atoms with van der Waals surface area (Å²) in [5.41, 5.74) is 5.69. The van der Waals surface area contributed by atoms with Gasteiger partial charge >= 0.3 is 5.97 Å². The first-order chi connectivity index (χ1) is 20.0. The zero-order valence-corrected chi connectivity index (χ0v) is 24.9. The summed E-state index contributed by atoms with van der Waals surface area (Å²) in [5, 5.41) is 0. The Bertz CT molecular complexity index is 1850. The van der Waals surface area contributed by atoms with Crippen molar-refractivity contribution < 1.29 is 14.3 Å². The van der Waals surface area contributed by atoms with Gasteiger partial charge in [0, 0.05) is 12.1 Å². The molecular weight excluding hydrogens is 530 g/mol. The van der Waals surface area contributed by atoms with Gasteiger partial charge in [-0.1, -0.05) is 55.5 Å². The molecule has 0 spiro atoms. The number of carbonyl (C=O) groups is 1. The van der Waals surface area contributed by atoms with Crippen LogP contribution in [0.5, 0.6) is 5.75 Å². The summed E-state index contributed by atoms with van der Waals surface area (Å²) in [6.07, 6.45) is 0.797. The lowest BCUT2D eigenvalue weighted by Gasteiger charge is -2.18. The summed E-state index contributed by atoms with van der Waals surface area (Å²) in [6, 6.07) is 17.7. The van der Waals surface area contributed by atoms with E-state index in [0.717, 1.165) is 51.4 Å². The quantitative estimate of drug-likeness (QED) is 0.131. The maximum atomic E-state index is 12.7. The fourth-order valence-corrected chi connectivity index (χ4v) is 5.06. The van der Waals surface area contributed by atoms with Crippen molar-refractivity contribution >= 4 is 17.1 Å². The van der Waals surface area contributed by atoms with Gasteiger partial charge < -0.3 is 14.0 Å². The molecule has 0 radical (unpaired) electrons. The van der Waals surface area contributed by atoms with Crippen LogP contribution in [0, 0.1) is 19.3 Å². The second kappa shape index (κ2) is 11.4. The van der Waals surface area contributed by atoms with Gasteiger partial charge in [0.15, 0.2) is 11.4 Å². The number of ether oxygens (including phenoxy) is 2. The van der Waals surface area contributed by atoms with Crippen LogP contribution in [0.15, 0.2) is 64.2 Å². The number of rotatable bonds is 9. The number of imidazole rings is 1. The molecule has 2 heterocycles. The van der Waals surface area contributed by atoms with E-state index in [1.54, 1.807) is 20.8 Å². The lowest BCUT2D eigenvalue weighted by atomic mass is 9.91. The van der Waals surface area contributed by atoms with E-state index in [-0.39, 0.29) is 30.5 Å². The Labute approximate surface area is 244 Å². The highest BCUT2D eigenvalue weighted by atomic mass is 16.6. The molecule has 5 aromatic rings. The molecule has 0 saturated carbocycles. The molecule has 0 aliphatic carbocycles. The van der Waals surface area contributed by atoms with Crippen molar-refractivity contribution in [2.75, 3.05) is 13.2 Å². The highest BCUT2D eigenvalue weighted by Gasteiger charge is 2.27. The van der Waals surface area contributed by atoms with Gasteiger partial charge in [-0.25, -0.2) is 9.97 Å². The van der Waals surface area contributed by atoms with Gasteiger partial charge in [-0.05, 0) is 68.5 Å². The predicted octanol–water partition coefficient (Wildman–Crippen LogP) is 5.56. The number of aromatic nitrogens is 3. The zero-order chi connectivity index (χ0) is 30.2. The number of hydrogen-bond acceptors (Lipinski definition) is 7. The first kappa shape index (κ1) is 28.9. The van der Waals surface area contributed by atoms with Crippen molar-refractivity contribution in [2.24, 2.45) is 5.41 Å². The number of nitrogens with zero attached hydrogens (tertiary/aromatic N) is 3. The van der Waals surface area contributed by atoms with Crippen LogP contribution >= 0.6 is 0 Å². The molecule has 8 heteroatoms. The Hall–Kier alpha value is -4.59. The maximum Gasteiger partial charge on any atom is 0.311 e. The van der Waals surface area contributed by atoms with Gasteiger partial charge in [0.2, 0.25) is 5.43 Å². The third-order valence-electron chi connectivity index (χ3n) is 7.26. The van der Waals surface area contributed by atoms with E-state index in [1.165, 1.54) is 0 Å². The normalized spacial score (nSPS) is 11.8. The summed E-state index contributed by atoms with van der Waals surface area (Å²) in [6.45, 7) is 12.0. The summed E-state index contributed by atoms with van der Waals surface area (Å²) >= 11 is 0. The average Bonchev–Trinajstić information content (AvgIpc) is 3.31. The second-order valence-electron chi connectivity index (χ2n) is 11.6. The highest BCUT2D eigenvalue weighted by molar-refractivity contribution is 5.87. The van der Waals surface area contributed by atoms with E-state index in [2.05, 4.69) is 36.6 Å². The Morgan fingerprint density at radius 1 is 0.905 bits per heavy atom. The van der Waals surface area contributed by atoms with Crippen LogP contribution in [-0.2, 0) is 22.5 Å². The van der Waals surface area contributed by atoms with Crippen molar-refractivity contribution in [3.63, 3.8) is 0 Å². The number of aryl methyl sites for hydroxylation is 3. The summed E-state index contributed by atoms with van der Waals surface area (Å²) in [7, 11) is 0. The number of pyridine rings is 1. The molecule has 42 heavy (non-hydrogen) atoms. The minimum absolute atomic E-state index is 0.00745. The Balaban J connectivity index is 1.39. The SMILES string of the molecule is CCc1nc2c(C)cc(C)nc2n1Cc1ccc(-c2ccccc2-c2c(OCCOC(=O)C(C)(C)C)c(=O)c2=O)cc1. The van der Waals surface area contributed by atoms with Crippen LogP contribution < -0.4 is 15.6 Å². The van der Waals surface area contributed by atoms with Crippen molar-refractivity contribution in [1.82, 2.24) is 14.5 Å². The maximum absolute atomic E-state index is 12.7. The number of hydrogen-bond donors (Lipinski definition) is 0. The first-order valence-electron chi connectivity index (χ1n) is 14.1. The van der Waals surface area contributed by atoms with Crippen LogP contribution in [-0.4, -0.2) is 33.7 Å². The number of fused-ring (bicyclic) bond motifs is 1. The highest BCUT2D eigenvalue weighted by Crippen LogP contribution is 2.35. The Kier molecular flexibility index (Phi) is 7.82. The minimum Gasteiger partial charge on any atom is -0.485 e. The molecule has 0 unspecified atom stereocenters. The van der Waals surface area contributed by atoms with Crippen LogP contribution in [0.25, 0.3) is 33.4 Å². The second-order valence-corrected chi connectivity index (χ2v) is 11.6. The Morgan fingerprint density at radius 2 is 1.60 bits per heavy atom. The molecule has 0 N–H and O–H groups in total. The molecule has 8 nitrogen and oxygen atoms in total. The van der Waals surface area contributed by atoms with Crippen molar-refractivity contribution in [3.8, 4) is 28.0 Å². The van der Waals surface area contributed by atoms with Crippen LogP contribution in [0.4, 0.5) is 0 Å². The number of esters is 1. The fraction of sp³-hybridized carbons (Fsp3) is 0.324. The van der Waals surface area contributed by atoms with Gasteiger partial charge in [-0.15, -0.1) is 0 Å². The summed E-state index contributed by atoms with van der Waals surface area (Å²) in [4.78, 5) is 46.7. The molecule has 3 aromatic carbocycles. The van der Waals surface area contributed by atoms with Gasteiger partial charge in [-0.2, -0.15) is 0 Å². The molecule has 0 saturated heterocycles.